The molecule has 1 amide bonds. The van der Waals surface area contributed by atoms with E-state index in [0.29, 0.717) is 12.1 Å². The van der Waals surface area contributed by atoms with Crippen LogP contribution < -0.4 is 0 Å². The molecule has 1 aromatic heterocycles. The Bertz CT molecular complexity index is 823. The minimum Gasteiger partial charge on any atom is -0.481 e. The van der Waals surface area contributed by atoms with E-state index in [2.05, 4.69) is 18.4 Å². The summed E-state index contributed by atoms with van der Waals surface area (Å²) in [5.74, 6) is -1.67. The number of carbonyl (C=O) groups is 2. The van der Waals surface area contributed by atoms with Crippen LogP contribution in [0.25, 0.3) is 0 Å². The van der Waals surface area contributed by atoms with Crippen LogP contribution in [0.3, 0.4) is 0 Å². The van der Waals surface area contributed by atoms with Gasteiger partial charge in [-0.25, -0.2) is 0 Å². The van der Waals surface area contributed by atoms with E-state index < -0.39 is 11.9 Å². The van der Waals surface area contributed by atoms with Crippen LogP contribution in [0.2, 0.25) is 0 Å². The van der Waals surface area contributed by atoms with Gasteiger partial charge in [-0.15, -0.1) is 0 Å². The summed E-state index contributed by atoms with van der Waals surface area (Å²) in [5.41, 5.74) is 3.64. The third-order valence-corrected chi connectivity index (χ3v) is 5.38. The standard InChI is InChI=1S/C21H26N2O3/c1-13(2)23-14(3)10-17(15(23)4)20(24)22-11-18(19(12-22)21(25)26)16-8-6-5-7-9-16/h5-10,13,18-19H,11-12H2,1-4H3,(H,25,26). The second kappa shape index (κ2) is 6.98. The molecule has 5 nitrogen and oxygen atoms in total. The Labute approximate surface area is 154 Å². The quantitative estimate of drug-likeness (QED) is 0.912. The molecule has 0 saturated carbocycles. The third-order valence-electron chi connectivity index (χ3n) is 5.38. The van der Waals surface area contributed by atoms with Gasteiger partial charge in [-0.05, 0) is 39.3 Å². The SMILES string of the molecule is Cc1cc(C(=O)N2CC(C(=O)O)C(c3ccccc3)C2)c(C)n1C(C)C. The second-order valence-corrected chi connectivity index (χ2v) is 7.42. The highest BCUT2D eigenvalue weighted by Gasteiger charge is 2.41. The molecule has 0 aliphatic carbocycles. The van der Waals surface area contributed by atoms with Crippen molar-refractivity contribution in [2.45, 2.75) is 39.7 Å². The van der Waals surface area contributed by atoms with Gasteiger partial charge < -0.3 is 14.6 Å². The Hall–Kier alpha value is -2.56. The number of carboxylic acid groups (broad SMARTS) is 1. The molecular weight excluding hydrogens is 328 g/mol. The molecule has 138 valence electrons. The maximum Gasteiger partial charge on any atom is 0.308 e. The van der Waals surface area contributed by atoms with Crippen LogP contribution in [0, 0.1) is 19.8 Å². The smallest absolute Gasteiger partial charge is 0.308 e. The molecule has 1 N–H and O–H groups in total. The number of amides is 1. The Morgan fingerprint density at radius 3 is 2.31 bits per heavy atom. The molecule has 3 rings (SSSR count). The molecule has 2 atom stereocenters. The fourth-order valence-electron chi connectivity index (χ4n) is 4.22. The molecule has 0 bridgehead atoms. The van der Waals surface area contributed by atoms with Gasteiger partial charge in [0.05, 0.1) is 11.5 Å². The molecule has 26 heavy (non-hydrogen) atoms. The molecule has 1 aliphatic heterocycles. The zero-order valence-electron chi connectivity index (χ0n) is 15.8. The molecule has 1 aromatic carbocycles. The number of hydrogen-bond acceptors (Lipinski definition) is 2. The predicted octanol–water partition coefficient (Wildman–Crippen LogP) is 3.63. The second-order valence-electron chi connectivity index (χ2n) is 7.42. The van der Waals surface area contributed by atoms with Crippen molar-refractivity contribution in [2.75, 3.05) is 13.1 Å². The highest BCUT2D eigenvalue weighted by molar-refractivity contribution is 5.96. The lowest BCUT2D eigenvalue weighted by atomic mass is 9.89. The normalized spacial score (nSPS) is 20.0. The third kappa shape index (κ3) is 3.14. The van der Waals surface area contributed by atoms with Crippen LogP contribution in [0.5, 0.6) is 0 Å². The zero-order valence-corrected chi connectivity index (χ0v) is 15.8. The van der Waals surface area contributed by atoms with E-state index in [0.717, 1.165) is 17.0 Å². The Morgan fingerprint density at radius 1 is 1.12 bits per heavy atom. The van der Waals surface area contributed by atoms with Gasteiger partial charge in [-0.2, -0.15) is 0 Å². The summed E-state index contributed by atoms with van der Waals surface area (Å²) in [5, 5.41) is 9.65. The van der Waals surface area contributed by atoms with Gasteiger partial charge in [0.25, 0.3) is 5.91 Å². The van der Waals surface area contributed by atoms with Gasteiger partial charge in [0.1, 0.15) is 0 Å². The number of aromatic nitrogens is 1. The summed E-state index contributed by atoms with van der Waals surface area (Å²) in [7, 11) is 0. The first-order chi connectivity index (χ1) is 12.3. The van der Waals surface area contributed by atoms with E-state index in [-0.39, 0.29) is 24.4 Å². The molecule has 1 fully saturated rings. The molecule has 2 unspecified atom stereocenters. The summed E-state index contributed by atoms with van der Waals surface area (Å²) < 4.78 is 2.15. The van der Waals surface area contributed by atoms with Crippen molar-refractivity contribution in [1.82, 2.24) is 9.47 Å². The van der Waals surface area contributed by atoms with Gasteiger partial charge in [0, 0.05) is 36.4 Å². The van der Waals surface area contributed by atoms with E-state index in [1.54, 1.807) is 4.90 Å². The number of likely N-dealkylation sites (tertiary alicyclic amines) is 1. The number of nitrogens with zero attached hydrogens (tertiary/aromatic N) is 2. The molecule has 5 heteroatoms. The summed E-state index contributed by atoms with van der Waals surface area (Å²) in [6.45, 7) is 8.83. The molecular formula is C21H26N2O3. The van der Waals surface area contributed by atoms with Crippen LogP contribution in [-0.2, 0) is 4.79 Å². The Balaban J connectivity index is 1.90. The van der Waals surface area contributed by atoms with Gasteiger partial charge in [0.2, 0.25) is 0 Å². The van der Waals surface area contributed by atoms with Crippen LogP contribution in [0.15, 0.2) is 36.4 Å². The molecule has 1 saturated heterocycles. The van der Waals surface area contributed by atoms with Crippen LogP contribution >= 0.6 is 0 Å². The molecule has 1 aliphatic rings. The number of rotatable bonds is 4. The average Bonchev–Trinajstić information content (AvgIpc) is 3.16. The van der Waals surface area contributed by atoms with Gasteiger partial charge in [0.15, 0.2) is 0 Å². The van der Waals surface area contributed by atoms with Crippen molar-refractivity contribution in [2.24, 2.45) is 5.92 Å². The lowest BCUT2D eigenvalue weighted by molar-refractivity contribution is -0.141. The number of benzene rings is 1. The highest BCUT2D eigenvalue weighted by atomic mass is 16.4. The lowest BCUT2D eigenvalue weighted by Crippen LogP contribution is -2.30. The largest absolute Gasteiger partial charge is 0.481 e. The summed E-state index contributed by atoms with van der Waals surface area (Å²) in [6.07, 6.45) is 0. The molecule has 0 radical (unpaired) electrons. The van der Waals surface area contributed by atoms with Crippen molar-refractivity contribution in [3.8, 4) is 0 Å². The Morgan fingerprint density at radius 2 is 1.77 bits per heavy atom. The summed E-state index contributed by atoms with van der Waals surface area (Å²) in [4.78, 5) is 26.6. The fourth-order valence-corrected chi connectivity index (χ4v) is 4.22. The van der Waals surface area contributed by atoms with Crippen molar-refractivity contribution < 1.29 is 14.7 Å². The van der Waals surface area contributed by atoms with Crippen LogP contribution in [0.4, 0.5) is 0 Å². The Kier molecular flexibility index (Phi) is 4.90. The lowest BCUT2D eigenvalue weighted by Gasteiger charge is -2.18. The number of hydrogen-bond donors (Lipinski definition) is 1. The number of carbonyl (C=O) groups excluding carboxylic acids is 1. The van der Waals surface area contributed by atoms with E-state index in [1.165, 1.54) is 0 Å². The van der Waals surface area contributed by atoms with Crippen LogP contribution in [0.1, 0.15) is 53.1 Å². The highest BCUT2D eigenvalue weighted by Crippen LogP contribution is 2.34. The van der Waals surface area contributed by atoms with Crippen molar-refractivity contribution in [1.29, 1.82) is 0 Å². The maximum absolute atomic E-state index is 13.1. The molecule has 2 aromatic rings. The van der Waals surface area contributed by atoms with Crippen molar-refractivity contribution in [3.63, 3.8) is 0 Å². The van der Waals surface area contributed by atoms with Gasteiger partial charge in [-0.3, -0.25) is 9.59 Å². The van der Waals surface area contributed by atoms with E-state index >= 15 is 0 Å². The minimum absolute atomic E-state index is 0.0744. The number of aliphatic carboxylic acids is 1. The van der Waals surface area contributed by atoms with E-state index in [4.69, 9.17) is 0 Å². The fraction of sp³-hybridized carbons (Fsp3) is 0.429. The minimum atomic E-state index is -0.846. The van der Waals surface area contributed by atoms with Crippen molar-refractivity contribution >= 4 is 11.9 Å². The first-order valence-corrected chi connectivity index (χ1v) is 9.06. The first kappa shape index (κ1) is 18.2. The topological polar surface area (TPSA) is 62.5 Å². The summed E-state index contributed by atoms with van der Waals surface area (Å²) >= 11 is 0. The molecule has 0 spiro atoms. The number of carboxylic acids is 1. The van der Waals surface area contributed by atoms with Crippen molar-refractivity contribution in [3.05, 3.63) is 58.9 Å². The maximum atomic E-state index is 13.1. The average molecular weight is 354 g/mol. The summed E-state index contributed by atoms with van der Waals surface area (Å²) in [6, 6.07) is 11.8. The zero-order chi connectivity index (χ0) is 19.0. The first-order valence-electron chi connectivity index (χ1n) is 9.06. The predicted molar refractivity (Wildman–Crippen MR) is 101 cm³/mol. The van der Waals surface area contributed by atoms with Gasteiger partial charge in [-0.1, -0.05) is 30.3 Å². The number of aryl methyl sites for hydroxylation is 1. The van der Waals surface area contributed by atoms with Gasteiger partial charge >= 0.3 is 5.97 Å². The van der Waals surface area contributed by atoms with Crippen LogP contribution in [-0.4, -0.2) is 39.5 Å². The van der Waals surface area contributed by atoms with E-state index in [1.807, 2.05) is 50.2 Å². The van der Waals surface area contributed by atoms with E-state index in [9.17, 15) is 14.7 Å². The monoisotopic (exact) mass is 354 g/mol. The molecule has 2 heterocycles.